The van der Waals surface area contributed by atoms with E-state index in [0.29, 0.717) is 16.9 Å². The summed E-state index contributed by atoms with van der Waals surface area (Å²) in [6.45, 7) is 7.60. The van der Waals surface area contributed by atoms with E-state index in [2.05, 4.69) is 4.72 Å². The standard InChI is InChI=1S/C20H25ClFNO3S/c1-13(23-27(24)20(2,3)4)17-10-14(22)11-19(21)18(17)12-26-16-8-6-15(25-5)7-9-16/h6-11,13,23H,12H2,1-5H3/t13?,27-/m1/s1. The van der Waals surface area contributed by atoms with Crippen LogP contribution in [0.2, 0.25) is 5.02 Å². The number of hydrogen-bond donors (Lipinski definition) is 1. The molecular formula is C20H25ClFNO3S. The molecule has 2 atom stereocenters. The van der Waals surface area contributed by atoms with Gasteiger partial charge in [-0.15, -0.1) is 4.72 Å². The Morgan fingerprint density at radius 3 is 2.33 bits per heavy atom. The molecule has 2 aromatic rings. The van der Waals surface area contributed by atoms with Crippen molar-refractivity contribution in [3.63, 3.8) is 0 Å². The fraction of sp³-hybridized carbons (Fsp3) is 0.400. The van der Waals surface area contributed by atoms with Gasteiger partial charge < -0.3 is 14.0 Å². The van der Waals surface area contributed by atoms with Crippen LogP contribution in [0, 0.1) is 5.82 Å². The third-order valence-corrected chi connectivity index (χ3v) is 5.96. The molecule has 0 amide bonds. The van der Waals surface area contributed by atoms with Crippen LogP contribution in [0.5, 0.6) is 11.5 Å². The summed E-state index contributed by atoms with van der Waals surface area (Å²) in [4.78, 5) is 0. The number of ether oxygens (including phenoxy) is 2. The lowest BCUT2D eigenvalue weighted by Gasteiger charge is -2.27. The van der Waals surface area contributed by atoms with Crippen LogP contribution in [-0.2, 0) is 18.0 Å². The Morgan fingerprint density at radius 2 is 1.78 bits per heavy atom. The van der Waals surface area contributed by atoms with Crippen molar-refractivity contribution in [2.45, 2.75) is 45.1 Å². The number of nitrogens with one attached hydrogen (secondary N) is 1. The fourth-order valence-electron chi connectivity index (χ4n) is 2.39. The summed E-state index contributed by atoms with van der Waals surface area (Å²) in [5, 5.41) is 0.272. The van der Waals surface area contributed by atoms with E-state index in [4.69, 9.17) is 21.1 Å². The zero-order chi connectivity index (χ0) is 20.2. The average molecular weight is 414 g/mol. The molecule has 0 aliphatic rings. The minimum absolute atomic E-state index is 0.162. The summed E-state index contributed by atoms with van der Waals surface area (Å²) in [5.41, 5.74) is 1.27. The Bertz CT molecular complexity index is 765. The van der Waals surface area contributed by atoms with E-state index in [1.807, 2.05) is 27.7 Å². The van der Waals surface area contributed by atoms with E-state index in [0.717, 1.165) is 5.75 Å². The Morgan fingerprint density at radius 1 is 1.19 bits per heavy atom. The van der Waals surface area contributed by atoms with Crippen molar-refractivity contribution in [3.05, 3.63) is 58.4 Å². The maximum Gasteiger partial charge on any atom is 0.136 e. The van der Waals surface area contributed by atoms with Gasteiger partial charge in [0.05, 0.1) is 18.2 Å². The van der Waals surface area contributed by atoms with Gasteiger partial charge in [0.2, 0.25) is 0 Å². The van der Waals surface area contributed by atoms with E-state index in [1.165, 1.54) is 12.1 Å². The van der Waals surface area contributed by atoms with Gasteiger partial charge in [-0.3, -0.25) is 0 Å². The van der Waals surface area contributed by atoms with Gasteiger partial charge in [-0.05, 0) is 69.7 Å². The van der Waals surface area contributed by atoms with Gasteiger partial charge in [0.25, 0.3) is 0 Å². The molecule has 7 heteroatoms. The molecule has 0 aromatic heterocycles. The summed E-state index contributed by atoms with van der Waals surface area (Å²) in [6, 6.07) is 9.44. The van der Waals surface area contributed by atoms with E-state index in [-0.39, 0.29) is 17.7 Å². The van der Waals surface area contributed by atoms with Crippen LogP contribution in [-0.4, -0.2) is 16.4 Å². The number of halogens is 2. The van der Waals surface area contributed by atoms with Gasteiger partial charge in [0, 0.05) is 16.9 Å². The Hall–Kier alpha value is -1.47. The van der Waals surface area contributed by atoms with E-state index < -0.39 is 21.9 Å². The molecular weight excluding hydrogens is 389 g/mol. The van der Waals surface area contributed by atoms with Crippen LogP contribution >= 0.6 is 11.6 Å². The lowest BCUT2D eigenvalue weighted by Crippen LogP contribution is -2.40. The monoisotopic (exact) mass is 413 g/mol. The molecule has 2 rings (SSSR count). The summed E-state index contributed by atoms with van der Waals surface area (Å²) in [6.07, 6.45) is 0. The second-order valence-electron chi connectivity index (χ2n) is 7.14. The van der Waals surface area contributed by atoms with Crippen molar-refractivity contribution in [2.75, 3.05) is 7.11 Å². The number of benzene rings is 2. The SMILES string of the molecule is COc1ccc(OCc2c(Cl)cc(F)cc2C(C)N[S@+]([O-])C(C)(C)C)cc1. The molecule has 148 valence electrons. The van der Waals surface area contributed by atoms with Crippen LogP contribution in [0.25, 0.3) is 0 Å². The zero-order valence-electron chi connectivity index (χ0n) is 16.1. The first-order valence-corrected chi connectivity index (χ1v) is 10.1. The van der Waals surface area contributed by atoms with Crippen LogP contribution in [0.15, 0.2) is 36.4 Å². The molecule has 0 saturated heterocycles. The summed E-state index contributed by atoms with van der Waals surface area (Å²) in [7, 11) is 1.59. The van der Waals surface area contributed by atoms with Crippen LogP contribution in [0.4, 0.5) is 4.39 Å². The Labute approximate surface area is 168 Å². The molecule has 0 saturated carbocycles. The fourth-order valence-corrected chi connectivity index (χ4v) is 3.46. The van der Waals surface area contributed by atoms with Crippen LogP contribution < -0.4 is 14.2 Å². The van der Waals surface area contributed by atoms with Crippen molar-refractivity contribution in [3.8, 4) is 11.5 Å². The first-order chi connectivity index (χ1) is 12.6. The maximum atomic E-state index is 13.9. The molecule has 0 aliphatic heterocycles. The molecule has 0 bridgehead atoms. The van der Waals surface area contributed by atoms with Gasteiger partial charge >= 0.3 is 0 Å². The van der Waals surface area contributed by atoms with E-state index in [9.17, 15) is 8.94 Å². The number of methoxy groups -OCH3 is 1. The predicted molar refractivity (Wildman–Crippen MR) is 108 cm³/mol. The van der Waals surface area contributed by atoms with Crippen molar-refractivity contribution in [2.24, 2.45) is 0 Å². The lowest BCUT2D eigenvalue weighted by atomic mass is 10.0. The predicted octanol–water partition coefficient (Wildman–Crippen LogP) is 5.18. The molecule has 27 heavy (non-hydrogen) atoms. The normalized spacial score (nSPS) is 13.9. The summed E-state index contributed by atoms with van der Waals surface area (Å²) in [5.74, 6) is 0.921. The first-order valence-electron chi connectivity index (χ1n) is 8.54. The molecule has 0 aliphatic carbocycles. The first kappa shape index (κ1) is 21.8. The third-order valence-electron chi connectivity index (χ3n) is 3.94. The van der Waals surface area contributed by atoms with Crippen molar-refractivity contribution in [1.82, 2.24) is 4.72 Å². The number of hydrogen-bond acceptors (Lipinski definition) is 4. The van der Waals surface area contributed by atoms with Crippen molar-refractivity contribution in [1.29, 1.82) is 0 Å². The summed E-state index contributed by atoms with van der Waals surface area (Å²) < 4.78 is 39.9. The molecule has 1 unspecified atom stereocenters. The molecule has 0 spiro atoms. The highest BCUT2D eigenvalue weighted by Gasteiger charge is 2.29. The minimum atomic E-state index is -1.30. The Balaban J connectivity index is 2.22. The largest absolute Gasteiger partial charge is 0.598 e. The Kier molecular flexibility index (Phi) is 7.40. The highest BCUT2D eigenvalue weighted by Crippen LogP contribution is 2.30. The quantitative estimate of drug-likeness (QED) is 0.635. The topological polar surface area (TPSA) is 53.5 Å². The molecule has 4 nitrogen and oxygen atoms in total. The minimum Gasteiger partial charge on any atom is -0.598 e. The molecule has 0 heterocycles. The van der Waals surface area contributed by atoms with Crippen molar-refractivity contribution >= 4 is 23.0 Å². The van der Waals surface area contributed by atoms with Gasteiger partial charge in [0.1, 0.15) is 28.7 Å². The molecule has 1 N–H and O–H groups in total. The maximum absolute atomic E-state index is 13.9. The number of rotatable bonds is 7. The molecule has 0 fully saturated rings. The van der Waals surface area contributed by atoms with Crippen LogP contribution in [0.1, 0.15) is 44.9 Å². The second-order valence-corrected chi connectivity index (χ2v) is 9.55. The highest BCUT2D eigenvalue weighted by molar-refractivity contribution is 7.90. The van der Waals surface area contributed by atoms with Crippen LogP contribution in [0.3, 0.4) is 0 Å². The highest BCUT2D eigenvalue weighted by atomic mass is 35.5. The van der Waals surface area contributed by atoms with Gasteiger partial charge in [0.15, 0.2) is 0 Å². The smallest absolute Gasteiger partial charge is 0.136 e. The lowest BCUT2D eigenvalue weighted by molar-refractivity contribution is 0.303. The van der Waals surface area contributed by atoms with Crippen molar-refractivity contribution < 1.29 is 18.4 Å². The van der Waals surface area contributed by atoms with Gasteiger partial charge in [-0.2, -0.15) is 0 Å². The van der Waals surface area contributed by atoms with Gasteiger partial charge in [-0.1, -0.05) is 11.6 Å². The van der Waals surface area contributed by atoms with Gasteiger partial charge in [-0.25, -0.2) is 4.39 Å². The molecule has 2 aromatic carbocycles. The second kappa shape index (κ2) is 9.15. The molecule has 0 radical (unpaired) electrons. The van der Waals surface area contributed by atoms with E-state index >= 15 is 0 Å². The average Bonchev–Trinajstić information content (AvgIpc) is 2.60. The zero-order valence-corrected chi connectivity index (χ0v) is 17.7. The van der Waals surface area contributed by atoms with E-state index in [1.54, 1.807) is 31.4 Å². The third kappa shape index (κ3) is 6.01. The summed E-state index contributed by atoms with van der Waals surface area (Å²) >= 11 is 4.97.